The van der Waals surface area contributed by atoms with Gasteiger partial charge in [0.2, 0.25) is 0 Å². The summed E-state index contributed by atoms with van der Waals surface area (Å²) in [5.74, 6) is -0.835. The van der Waals surface area contributed by atoms with E-state index in [1.165, 1.54) is 9.80 Å². The van der Waals surface area contributed by atoms with Crippen LogP contribution in [0.2, 0.25) is 0 Å². The van der Waals surface area contributed by atoms with Gasteiger partial charge in [0.25, 0.3) is 11.8 Å². The zero-order valence-corrected chi connectivity index (χ0v) is 23.4. The van der Waals surface area contributed by atoms with E-state index in [1.54, 1.807) is 27.7 Å². The van der Waals surface area contributed by atoms with Gasteiger partial charge >= 0.3 is 12.1 Å². The van der Waals surface area contributed by atoms with E-state index < -0.39 is 35.5 Å². The molecule has 6 amide bonds. The molecule has 0 spiro atoms. The maximum atomic E-state index is 13.1. The van der Waals surface area contributed by atoms with Gasteiger partial charge in [0.15, 0.2) is 0 Å². The van der Waals surface area contributed by atoms with Crippen molar-refractivity contribution in [2.75, 3.05) is 26.2 Å². The molecular formula is C27H44N4O6. The number of unbranched alkanes of at least 4 members (excludes halogenated alkanes) is 3. The Morgan fingerprint density at radius 3 is 1.70 bits per heavy atom. The van der Waals surface area contributed by atoms with Crippen LogP contribution in [0.3, 0.4) is 0 Å². The number of hydrogen-bond acceptors (Lipinski definition) is 6. The number of amides is 6. The minimum atomic E-state index is -1.10. The lowest BCUT2D eigenvalue weighted by molar-refractivity contribution is -0.139. The highest BCUT2D eigenvalue weighted by Gasteiger charge is 2.54. The van der Waals surface area contributed by atoms with Gasteiger partial charge < -0.3 is 14.6 Å². The fraction of sp³-hybridized carbons (Fsp3) is 0.778. The Balaban J connectivity index is 2.06. The van der Waals surface area contributed by atoms with Crippen LogP contribution in [0.4, 0.5) is 9.59 Å². The lowest BCUT2D eigenvalue weighted by Gasteiger charge is -2.42. The summed E-state index contributed by atoms with van der Waals surface area (Å²) in [6.07, 6.45) is 5.23. The second-order valence-corrected chi connectivity index (χ2v) is 11.5. The fourth-order valence-electron chi connectivity index (χ4n) is 4.95. The number of imide groups is 2. The minimum absolute atomic E-state index is 0.0727. The molecule has 2 fully saturated rings. The third-order valence-electron chi connectivity index (χ3n) is 7.49. The molecule has 0 aromatic rings. The van der Waals surface area contributed by atoms with E-state index in [-0.39, 0.29) is 30.7 Å². The van der Waals surface area contributed by atoms with E-state index in [9.17, 15) is 28.8 Å². The van der Waals surface area contributed by atoms with Crippen LogP contribution in [0, 0.1) is 10.8 Å². The maximum absolute atomic E-state index is 13.1. The first-order valence-corrected chi connectivity index (χ1v) is 13.5. The van der Waals surface area contributed by atoms with Crippen LogP contribution in [0.25, 0.3) is 0 Å². The summed E-state index contributed by atoms with van der Waals surface area (Å²) in [5.41, 5.74) is -1.20. The highest BCUT2D eigenvalue weighted by atomic mass is 16.2. The third-order valence-corrected chi connectivity index (χ3v) is 7.49. The second kappa shape index (κ2) is 12.6. The van der Waals surface area contributed by atoms with Crippen molar-refractivity contribution in [2.24, 2.45) is 10.8 Å². The second-order valence-electron chi connectivity index (χ2n) is 11.5. The van der Waals surface area contributed by atoms with Gasteiger partial charge in [0.1, 0.15) is 31.3 Å². The average molecular weight is 521 g/mol. The topological polar surface area (TPSA) is 115 Å². The van der Waals surface area contributed by atoms with E-state index in [0.717, 1.165) is 48.2 Å². The van der Waals surface area contributed by atoms with E-state index >= 15 is 0 Å². The van der Waals surface area contributed by atoms with E-state index in [0.29, 0.717) is 25.9 Å². The largest absolute Gasteiger partial charge is 0.328 e. The number of carbonyl (C=O) groups excluding carboxylic acids is 6. The zero-order valence-electron chi connectivity index (χ0n) is 23.4. The highest BCUT2D eigenvalue weighted by molar-refractivity contribution is 6.06. The Morgan fingerprint density at radius 1 is 0.784 bits per heavy atom. The number of aldehydes is 1. The lowest BCUT2D eigenvalue weighted by Crippen LogP contribution is -2.60. The summed E-state index contributed by atoms with van der Waals surface area (Å²) < 4.78 is 0. The first kappa shape index (κ1) is 30.4. The van der Waals surface area contributed by atoms with E-state index in [2.05, 4.69) is 0 Å². The molecule has 0 atom stereocenters. The molecule has 0 aliphatic carbocycles. The predicted molar refractivity (Wildman–Crippen MR) is 138 cm³/mol. The molecule has 0 N–H and O–H groups in total. The van der Waals surface area contributed by atoms with Gasteiger partial charge in [0.05, 0.1) is 0 Å². The summed E-state index contributed by atoms with van der Waals surface area (Å²) in [5, 5.41) is 0. The van der Waals surface area contributed by atoms with Gasteiger partial charge in [-0.2, -0.15) is 0 Å². The van der Waals surface area contributed by atoms with Crippen molar-refractivity contribution in [1.82, 2.24) is 19.6 Å². The van der Waals surface area contributed by atoms with E-state index in [1.807, 2.05) is 13.8 Å². The Hall–Kier alpha value is -2.78. The molecule has 0 saturated carbocycles. The van der Waals surface area contributed by atoms with Crippen LogP contribution in [0.5, 0.6) is 0 Å². The molecular weight excluding hydrogens is 476 g/mol. The van der Waals surface area contributed by atoms with Gasteiger partial charge in [-0.1, -0.05) is 47.0 Å². The Morgan fingerprint density at radius 2 is 1.27 bits per heavy atom. The van der Waals surface area contributed by atoms with Gasteiger partial charge in [0, 0.05) is 36.8 Å². The van der Waals surface area contributed by atoms with Crippen molar-refractivity contribution >= 4 is 35.9 Å². The molecule has 2 rings (SSSR count). The molecule has 2 aliphatic heterocycles. The summed E-state index contributed by atoms with van der Waals surface area (Å²) in [6.45, 7) is 11.4. The fourth-order valence-corrected chi connectivity index (χ4v) is 4.95. The van der Waals surface area contributed by atoms with Gasteiger partial charge in [-0.3, -0.25) is 14.4 Å². The number of nitrogens with zero attached hydrogens (tertiary/aromatic N) is 4. The van der Waals surface area contributed by atoms with Crippen molar-refractivity contribution in [3.8, 4) is 0 Å². The average Bonchev–Trinajstić information content (AvgIpc) is 3.29. The summed E-state index contributed by atoms with van der Waals surface area (Å²) in [4.78, 5) is 80.6. The van der Waals surface area contributed by atoms with Crippen LogP contribution in [-0.2, 0) is 19.2 Å². The molecule has 0 radical (unpaired) electrons. The number of hydrogen-bond donors (Lipinski definition) is 0. The van der Waals surface area contributed by atoms with Gasteiger partial charge in [-0.05, 0) is 33.1 Å². The Bertz CT molecular complexity index is 857. The molecule has 0 unspecified atom stereocenters. The summed E-state index contributed by atoms with van der Waals surface area (Å²) >= 11 is 0. The van der Waals surface area contributed by atoms with Crippen LogP contribution < -0.4 is 0 Å². The molecule has 10 heteroatoms. The van der Waals surface area contributed by atoms with Crippen LogP contribution in [-0.4, -0.2) is 87.9 Å². The maximum Gasteiger partial charge on any atom is 0.328 e. The molecule has 0 aromatic carbocycles. The molecule has 0 bridgehead atoms. The quantitative estimate of drug-likeness (QED) is 0.174. The Labute approximate surface area is 220 Å². The molecule has 2 aliphatic rings. The van der Waals surface area contributed by atoms with Crippen molar-refractivity contribution < 1.29 is 28.8 Å². The number of rotatable bonds is 16. The molecule has 10 nitrogen and oxygen atoms in total. The Kier molecular flexibility index (Phi) is 10.4. The first-order valence-electron chi connectivity index (χ1n) is 13.5. The SMILES string of the molecule is CCN1CC(=O)N(C(N2C(=O)CN(CC)C2=O)C(C)(C)CCC(=O)CCCCCCC(C)(C)C=O)C1=O. The predicted octanol–water partition coefficient (Wildman–Crippen LogP) is 3.82. The number of carbonyl (C=O) groups is 6. The van der Waals surface area contributed by atoms with Crippen LogP contribution >= 0.6 is 0 Å². The zero-order chi connectivity index (χ0) is 28.0. The molecule has 208 valence electrons. The van der Waals surface area contributed by atoms with Crippen molar-refractivity contribution in [3.63, 3.8) is 0 Å². The number of ketones is 1. The molecule has 2 saturated heterocycles. The van der Waals surface area contributed by atoms with Crippen LogP contribution in [0.1, 0.15) is 92.9 Å². The first-order chi connectivity index (χ1) is 17.3. The molecule has 37 heavy (non-hydrogen) atoms. The van der Waals surface area contributed by atoms with E-state index in [4.69, 9.17) is 0 Å². The lowest BCUT2D eigenvalue weighted by atomic mass is 9.81. The van der Waals surface area contributed by atoms with Crippen molar-refractivity contribution in [3.05, 3.63) is 0 Å². The van der Waals surface area contributed by atoms with Crippen molar-refractivity contribution in [1.29, 1.82) is 0 Å². The normalized spacial score (nSPS) is 17.2. The summed E-state index contributed by atoms with van der Waals surface area (Å²) in [6, 6.07) is -1.05. The monoisotopic (exact) mass is 520 g/mol. The molecule has 0 aromatic heterocycles. The summed E-state index contributed by atoms with van der Waals surface area (Å²) in [7, 11) is 0. The van der Waals surface area contributed by atoms with Gasteiger partial charge in [-0.15, -0.1) is 0 Å². The van der Waals surface area contributed by atoms with Crippen LogP contribution in [0.15, 0.2) is 0 Å². The number of Topliss-reactive ketones (excluding diaryl/α,β-unsaturated/α-hetero) is 1. The van der Waals surface area contributed by atoms with Crippen molar-refractivity contribution in [2.45, 2.75) is 99.1 Å². The molecule has 2 heterocycles. The number of likely N-dealkylation sites (N-methyl/N-ethyl adjacent to an activating group) is 2. The standard InChI is InChI=1S/C27H44N4O6/c1-7-28-17-21(34)30(24(28)36)23(31-22(35)18-29(8-2)25(31)37)27(5,6)16-14-20(33)13-11-9-10-12-15-26(3,4)19-32/h19,23H,7-18H2,1-6H3. The van der Waals surface area contributed by atoms with Gasteiger partial charge in [-0.25, -0.2) is 19.4 Å². The highest BCUT2D eigenvalue weighted by Crippen LogP contribution is 2.37. The third kappa shape index (κ3) is 7.38. The smallest absolute Gasteiger partial charge is 0.315 e. The minimum Gasteiger partial charge on any atom is -0.315 e. The number of urea groups is 2.